The van der Waals surface area contributed by atoms with Crippen LogP contribution in [0.1, 0.15) is 11.1 Å². The second-order valence-corrected chi connectivity index (χ2v) is 10.5. The molecule has 0 aromatic heterocycles. The maximum Gasteiger partial charge on any atom is 0.529 e. The molecule has 0 unspecified atom stereocenters. The average molecular weight is 482 g/mol. The van der Waals surface area contributed by atoms with Gasteiger partial charge in [0.15, 0.2) is 5.78 Å². The van der Waals surface area contributed by atoms with Crippen LogP contribution in [0.2, 0.25) is 0 Å². The molecule has 0 spiro atoms. The minimum absolute atomic E-state index is 0.197. The molecule has 11 heteroatoms. The van der Waals surface area contributed by atoms with Crippen LogP contribution in [0.5, 0.6) is 11.5 Å². The fourth-order valence-electron chi connectivity index (χ4n) is 2.34. The number of hydrogen-bond acceptors (Lipinski definition) is 9. The summed E-state index contributed by atoms with van der Waals surface area (Å²) in [6.45, 7) is 0. The Morgan fingerprint density at radius 2 is 1.31 bits per heavy atom. The van der Waals surface area contributed by atoms with Crippen molar-refractivity contribution in [1.29, 1.82) is 0 Å². The molecule has 2 N–H and O–H groups in total. The molecule has 0 amide bonds. The fourth-order valence-corrected chi connectivity index (χ4v) is 3.71. The van der Waals surface area contributed by atoms with Crippen molar-refractivity contribution in [2.45, 2.75) is 0 Å². The number of carbonyl (C=O) groups is 1. The SMILES string of the molecule is COP(=O)(OC)Oc1cccc(C=CC(=O)C=Cc2cccc(OP(=O)(CO)CO)c2)c1. The topological polar surface area (TPSA) is 129 Å². The zero-order chi connectivity index (χ0) is 23.6. The van der Waals surface area contributed by atoms with Crippen LogP contribution in [0, 0.1) is 0 Å². The van der Waals surface area contributed by atoms with Crippen LogP contribution in [0.3, 0.4) is 0 Å². The summed E-state index contributed by atoms with van der Waals surface area (Å²) < 4.78 is 43.9. The van der Waals surface area contributed by atoms with E-state index in [1.807, 2.05) is 0 Å². The molecule has 0 radical (unpaired) electrons. The standard InChI is InChI=1S/C21H24O9P2/c1-27-32(26,28-2)30-21-8-4-6-18(14-21)10-12-19(24)11-9-17-5-3-7-20(13-17)29-31(25,15-22)16-23/h3-14,22-23H,15-16H2,1-2H3. The summed E-state index contributed by atoms with van der Waals surface area (Å²) in [6, 6.07) is 12.9. The highest BCUT2D eigenvalue weighted by Crippen LogP contribution is 2.47. The monoisotopic (exact) mass is 482 g/mol. The number of aliphatic hydroxyl groups is 2. The summed E-state index contributed by atoms with van der Waals surface area (Å²) in [5.41, 5.74) is 1.22. The normalized spacial score (nSPS) is 12.4. The van der Waals surface area contributed by atoms with Gasteiger partial charge in [0.25, 0.3) is 7.37 Å². The largest absolute Gasteiger partial charge is 0.529 e. The first-order valence-corrected chi connectivity index (χ1v) is 12.7. The zero-order valence-corrected chi connectivity index (χ0v) is 19.3. The number of phosphoric ester groups is 1. The second-order valence-electron chi connectivity index (χ2n) is 6.31. The third kappa shape index (κ3) is 7.88. The van der Waals surface area contributed by atoms with E-state index in [9.17, 15) is 13.9 Å². The molecule has 0 bridgehead atoms. The fraction of sp³-hybridized carbons (Fsp3) is 0.190. The lowest BCUT2D eigenvalue weighted by molar-refractivity contribution is -0.110. The molecule has 0 aliphatic heterocycles. The molecule has 0 saturated carbocycles. The third-order valence-corrected chi connectivity index (χ3v) is 6.70. The molecule has 0 atom stereocenters. The van der Waals surface area contributed by atoms with Crippen molar-refractivity contribution >= 4 is 33.1 Å². The van der Waals surface area contributed by atoms with Crippen molar-refractivity contribution in [3.8, 4) is 11.5 Å². The summed E-state index contributed by atoms with van der Waals surface area (Å²) in [6.07, 6.45) is 4.20. The van der Waals surface area contributed by atoms with Gasteiger partial charge in [0.2, 0.25) is 0 Å². The zero-order valence-electron chi connectivity index (χ0n) is 17.5. The number of carbonyl (C=O) groups excluding carboxylic acids is 1. The lowest BCUT2D eigenvalue weighted by Crippen LogP contribution is -2.01. The second kappa shape index (κ2) is 11.9. The van der Waals surface area contributed by atoms with Gasteiger partial charge in [-0.3, -0.25) is 18.4 Å². The lowest BCUT2D eigenvalue weighted by Gasteiger charge is -2.14. The minimum atomic E-state index is -3.69. The minimum Gasteiger partial charge on any atom is -0.440 e. The van der Waals surface area contributed by atoms with Gasteiger partial charge in [0.1, 0.15) is 24.2 Å². The van der Waals surface area contributed by atoms with Crippen LogP contribution in [0.25, 0.3) is 12.2 Å². The summed E-state index contributed by atoms with van der Waals surface area (Å²) in [5, 5.41) is 18.2. The number of hydrogen-bond donors (Lipinski definition) is 2. The molecule has 32 heavy (non-hydrogen) atoms. The van der Waals surface area contributed by atoms with Gasteiger partial charge in [-0.2, -0.15) is 0 Å². The lowest BCUT2D eigenvalue weighted by atomic mass is 10.1. The average Bonchev–Trinajstić information content (AvgIpc) is 2.81. The van der Waals surface area contributed by atoms with Crippen LogP contribution < -0.4 is 9.05 Å². The number of rotatable bonds is 12. The number of benzene rings is 2. The molecule has 2 aromatic rings. The molecular weight excluding hydrogens is 458 g/mol. The first-order valence-electron chi connectivity index (χ1n) is 9.25. The van der Waals surface area contributed by atoms with Gasteiger partial charge in [0, 0.05) is 14.2 Å². The predicted molar refractivity (Wildman–Crippen MR) is 121 cm³/mol. The van der Waals surface area contributed by atoms with Crippen LogP contribution >= 0.6 is 15.2 Å². The van der Waals surface area contributed by atoms with E-state index in [4.69, 9.17) is 28.3 Å². The quantitative estimate of drug-likeness (QED) is 0.336. The van der Waals surface area contributed by atoms with Crippen molar-refractivity contribution in [2.24, 2.45) is 0 Å². The van der Waals surface area contributed by atoms with Crippen molar-refractivity contribution in [3.05, 3.63) is 71.8 Å². The number of ketones is 1. The van der Waals surface area contributed by atoms with Crippen LogP contribution in [0.15, 0.2) is 60.7 Å². The number of phosphoric acid groups is 1. The van der Waals surface area contributed by atoms with Crippen LogP contribution in [0.4, 0.5) is 0 Å². The van der Waals surface area contributed by atoms with Gasteiger partial charge < -0.3 is 19.3 Å². The highest BCUT2D eigenvalue weighted by molar-refractivity contribution is 7.58. The van der Waals surface area contributed by atoms with Crippen LogP contribution in [-0.4, -0.2) is 42.9 Å². The Balaban J connectivity index is 2.05. The van der Waals surface area contributed by atoms with Gasteiger partial charge in [0.05, 0.1) is 0 Å². The number of aliphatic hydroxyl groups excluding tert-OH is 2. The molecule has 2 aromatic carbocycles. The molecule has 0 aliphatic rings. The Kier molecular flexibility index (Phi) is 9.60. The smallest absolute Gasteiger partial charge is 0.440 e. The van der Waals surface area contributed by atoms with E-state index in [1.54, 1.807) is 42.5 Å². The van der Waals surface area contributed by atoms with E-state index in [0.29, 0.717) is 11.1 Å². The van der Waals surface area contributed by atoms with E-state index in [2.05, 4.69) is 0 Å². The molecule has 0 saturated heterocycles. The Morgan fingerprint density at radius 1 is 0.844 bits per heavy atom. The van der Waals surface area contributed by atoms with Crippen molar-refractivity contribution in [3.63, 3.8) is 0 Å². The Morgan fingerprint density at radius 3 is 1.75 bits per heavy atom. The van der Waals surface area contributed by atoms with Gasteiger partial charge in [-0.1, -0.05) is 36.4 Å². The molecule has 0 aliphatic carbocycles. The van der Waals surface area contributed by atoms with Crippen molar-refractivity contribution < 1.29 is 42.2 Å². The molecule has 9 nitrogen and oxygen atoms in total. The van der Waals surface area contributed by atoms with E-state index in [0.717, 1.165) is 0 Å². The van der Waals surface area contributed by atoms with E-state index in [1.165, 1.54) is 44.6 Å². The summed E-state index contributed by atoms with van der Waals surface area (Å²) in [7, 11) is -4.83. The first-order chi connectivity index (χ1) is 15.2. The van der Waals surface area contributed by atoms with Crippen LogP contribution in [-0.2, 0) is 23.0 Å². The van der Waals surface area contributed by atoms with Crippen molar-refractivity contribution in [1.82, 2.24) is 0 Å². The summed E-state index contributed by atoms with van der Waals surface area (Å²) >= 11 is 0. The predicted octanol–water partition coefficient (Wildman–Crippen LogP) is 4.32. The summed E-state index contributed by atoms with van der Waals surface area (Å²) in [4.78, 5) is 12.2. The maximum atomic E-state index is 12.2. The molecule has 172 valence electrons. The highest BCUT2D eigenvalue weighted by atomic mass is 31.2. The molecule has 0 fully saturated rings. The Labute approximate surface area is 186 Å². The molecular formula is C21H24O9P2. The van der Waals surface area contributed by atoms with Gasteiger partial charge in [-0.25, -0.2) is 4.57 Å². The maximum absolute atomic E-state index is 12.2. The van der Waals surface area contributed by atoms with E-state index < -0.39 is 27.9 Å². The summed E-state index contributed by atoms with van der Waals surface area (Å²) in [5.74, 6) is 0.142. The van der Waals surface area contributed by atoms with Crippen molar-refractivity contribution in [2.75, 3.05) is 26.9 Å². The number of allylic oxidation sites excluding steroid dienone is 2. The van der Waals surface area contributed by atoms with E-state index >= 15 is 0 Å². The Bertz CT molecular complexity index is 979. The molecule has 0 heterocycles. The van der Waals surface area contributed by atoms with E-state index in [-0.39, 0.29) is 17.3 Å². The Hall–Kier alpha value is -2.51. The van der Waals surface area contributed by atoms with Gasteiger partial charge >= 0.3 is 7.82 Å². The molecule has 2 rings (SSSR count). The van der Waals surface area contributed by atoms with Gasteiger partial charge in [-0.05, 0) is 47.5 Å². The first kappa shape index (κ1) is 25.7. The highest BCUT2D eigenvalue weighted by Gasteiger charge is 2.24. The third-order valence-electron chi connectivity index (χ3n) is 3.96. The van der Waals surface area contributed by atoms with Gasteiger partial charge in [-0.15, -0.1) is 0 Å².